The van der Waals surface area contributed by atoms with Crippen molar-refractivity contribution in [1.29, 1.82) is 0 Å². The molecular weight excluding hydrogens is 398 g/mol. The van der Waals surface area contributed by atoms with Gasteiger partial charge in [-0.15, -0.1) is 0 Å². The van der Waals surface area contributed by atoms with Crippen molar-refractivity contribution in [3.05, 3.63) is 59.7 Å². The Kier molecular flexibility index (Phi) is 7.74. The number of rotatable bonds is 8. The second kappa shape index (κ2) is 10.5. The Bertz CT molecular complexity index is 953. The number of aliphatic imine (C=N–C) groups is 1. The molecule has 7 heteroatoms. The Labute approximate surface area is 179 Å². The van der Waals surface area contributed by atoms with Crippen LogP contribution in [0.1, 0.15) is 36.8 Å². The molecule has 1 aliphatic carbocycles. The molecule has 0 aromatic heterocycles. The first-order chi connectivity index (χ1) is 14.5. The predicted molar refractivity (Wildman–Crippen MR) is 121 cm³/mol. The summed E-state index contributed by atoms with van der Waals surface area (Å²) in [7, 11) is -1.65. The highest BCUT2D eigenvalue weighted by molar-refractivity contribution is 7.91. The van der Waals surface area contributed by atoms with Crippen molar-refractivity contribution < 1.29 is 13.2 Å². The normalized spacial score (nSPS) is 15.2. The van der Waals surface area contributed by atoms with Gasteiger partial charge < -0.3 is 15.4 Å². The van der Waals surface area contributed by atoms with Crippen molar-refractivity contribution >= 4 is 15.8 Å². The molecule has 0 saturated heterocycles. The van der Waals surface area contributed by atoms with E-state index >= 15 is 0 Å². The van der Waals surface area contributed by atoms with Crippen LogP contribution in [0.3, 0.4) is 0 Å². The lowest BCUT2D eigenvalue weighted by atomic mass is 10.1. The molecule has 1 aliphatic rings. The van der Waals surface area contributed by atoms with Crippen molar-refractivity contribution in [2.45, 2.75) is 50.2 Å². The van der Waals surface area contributed by atoms with Crippen LogP contribution >= 0.6 is 0 Å². The summed E-state index contributed by atoms with van der Waals surface area (Å²) in [6, 6.07) is 14.7. The number of hydrogen-bond donors (Lipinski definition) is 2. The third kappa shape index (κ3) is 6.23. The Morgan fingerprint density at radius 3 is 2.53 bits per heavy atom. The summed E-state index contributed by atoms with van der Waals surface area (Å²) in [6.07, 6.45) is 4.98. The van der Waals surface area contributed by atoms with Gasteiger partial charge in [0, 0.05) is 25.7 Å². The fourth-order valence-corrected chi connectivity index (χ4v) is 4.73. The zero-order valence-corrected chi connectivity index (χ0v) is 18.5. The van der Waals surface area contributed by atoms with Gasteiger partial charge in [-0.05, 0) is 56.4 Å². The summed E-state index contributed by atoms with van der Waals surface area (Å²) in [6.45, 7) is 2.88. The summed E-state index contributed by atoms with van der Waals surface area (Å²) < 4.78 is 31.1. The minimum atomic E-state index is -3.32. The quantitative estimate of drug-likeness (QED) is 0.496. The van der Waals surface area contributed by atoms with E-state index in [0.29, 0.717) is 23.5 Å². The van der Waals surface area contributed by atoms with Crippen molar-refractivity contribution in [2.24, 2.45) is 4.99 Å². The topological polar surface area (TPSA) is 79.8 Å². The van der Waals surface area contributed by atoms with Gasteiger partial charge in [0.25, 0.3) is 0 Å². The van der Waals surface area contributed by atoms with Gasteiger partial charge in [-0.25, -0.2) is 8.42 Å². The van der Waals surface area contributed by atoms with Gasteiger partial charge in [-0.2, -0.15) is 0 Å². The number of aryl methyl sites for hydroxylation is 1. The van der Waals surface area contributed by atoms with E-state index in [1.165, 1.54) is 18.4 Å². The molecule has 0 atom stereocenters. The largest absolute Gasteiger partial charge is 0.490 e. The zero-order chi connectivity index (χ0) is 21.4. The Balaban J connectivity index is 1.54. The van der Waals surface area contributed by atoms with E-state index in [1.54, 1.807) is 37.4 Å². The van der Waals surface area contributed by atoms with Gasteiger partial charge in [0.1, 0.15) is 5.75 Å². The first-order valence-corrected chi connectivity index (χ1v) is 12.1. The Morgan fingerprint density at radius 2 is 1.83 bits per heavy atom. The summed E-state index contributed by atoms with van der Waals surface area (Å²) in [5.74, 6) is 1.47. The third-order valence-electron chi connectivity index (χ3n) is 5.25. The molecule has 2 aromatic rings. The second-order valence-electron chi connectivity index (χ2n) is 7.62. The van der Waals surface area contributed by atoms with Crippen LogP contribution < -0.4 is 15.4 Å². The average molecular weight is 430 g/mol. The average Bonchev–Trinajstić information content (AvgIpc) is 3.25. The lowest BCUT2D eigenvalue weighted by Crippen LogP contribution is -2.39. The van der Waals surface area contributed by atoms with Crippen LogP contribution in [-0.2, 0) is 16.4 Å². The number of sulfone groups is 1. The van der Waals surface area contributed by atoms with E-state index in [4.69, 9.17) is 4.74 Å². The first kappa shape index (κ1) is 22.2. The van der Waals surface area contributed by atoms with E-state index in [2.05, 4.69) is 40.7 Å². The fraction of sp³-hybridized carbons (Fsp3) is 0.435. The predicted octanol–water partition coefficient (Wildman–Crippen LogP) is 3.46. The molecule has 6 nitrogen and oxygen atoms in total. The van der Waals surface area contributed by atoms with Gasteiger partial charge >= 0.3 is 0 Å². The van der Waals surface area contributed by atoms with Crippen LogP contribution in [-0.4, -0.2) is 39.8 Å². The zero-order valence-electron chi connectivity index (χ0n) is 17.7. The van der Waals surface area contributed by atoms with Crippen molar-refractivity contribution in [1.82, 2.24) is 10.6 Å². The lowest BCUT2D eigenvalue weighted by molar-refractivity contribution is 0.207. The molecule has 0 bridgehead atoms. The van der Waals surface area contributed by atoms with Gasteiger partial charge in [0.2, 0.25) is 0 Å². The van der Waals surface area contributed by atoms with E-state index in [9.17, 15) is 8.42 Å². The fourth-order valence-electron chi connectivity index (χ4n) is 3.55. The van der Waals surface area contributed by atoms with Crippen molar-refractivity contribution in [3.8, 4) is 5.75 Å². The highest BCUT2D eigenvalue weighted by atomic mass is 32.2. The molecule has 0 radical (unpaired) electrons. The summed E-state index contributed by atoms with van der Waals surface area (Å²) in [5.41, 5.74) is 2.23. The van der Waals surface area contributed by atoms with Crippen LogP contribution in [0.2, 0.25) is 0 Å². The molecule has 0 heterocycles. The molecular formula is C23H31N3O3S. The number of nitrogens with one attached hydrogen (secondary N) is 2. The standard InChI is InChI=1S/C23H31N3O3S/c1-18-12-13-19(22(16-18)29-20-8-6-7-9-20)17-26-23(24-2)25-14-15-30(27,28)21-10-4-3-5-11-21/h3-5,10-13,16,20H,6-9,14-15,17H2,1-2H3,(H2,24,25,26). The second-order valence-corrected chi connectivity index (χ2v) is 9.73. The van der Waals surface area contributed by atoms with Crippen LogP contribution in [0.4, 0.5) is 0 Å². The molecule has 3 rings (SSSR count). The molecule has 0 aliphatic heterocycles. The van der Waals surface area contributed by atoms with E-state index in [-0.39, 0.29) is 12.3 Å². The molecule has 1 fully saturated rings. The Hall–Kier alpha value is -2.54. The first-order valence-electron chi connectivity index (χ1n) is 10.5. The summed E-state index contributed by atoms with van der Waals surface area (Å²) >= 11 is 0. The molecule has 0 spiro atoms. The van der Waals surface area contributed by atoms with E-state index < -0.39 is 9.84 Å². The lowest BCUT2D eigenvalue weighted by Gasteiger charge is -2.18. The monoisotopic (exact) mass is 429 g/mol. The van der Waals surface area contributed by atoms with E-state index in [1.807, 2.05) is 0 Å². The minimum absolute atomic E-state index is 0.00170. The highest BCUT2D eigenvalue weighted by Gasteiger charge is 2.18. The smallest absolute Gasteiger partial charge is 0.191 e. The maximum Gasteiger partial charge on any atom is 0.191 e. The molecule has 2 N–H and O–H groups in total. The number of hydrogen-bond acceptors (Lipinski definition) is 4. The maximum atomic E-state index is 12.4. The molecule has 30 heavy (non-hydrogen) atoms. The SMILES string of the molecule is CN=C(NCCS(=O)(=O)c1ccccc1)NCc1ccc(C)cc1OC1CCCC1. The highest BCUT2D eigenvalue weighted by Crippen LogP contribution is 2.27. The van der Waals surface area contributed by atoms with E-state index in [0.717, 1.165) is 24.2 Å². The van der Waals surface area contributed by atoms with Crippen LogP contribution in [0.5, 0.6) is 5.75 Å². The molecule has 0 unspecified atom stereocenters. The van der Waals surface area contributed by atoms with Gasteiger partial charge in [0.15, 0.2) is 15.8 Å². The number of nitrogens with zero attached hydrogens (tertiary/aromatic N) is 1. The van der Waals surface area contributed by atoms with Gasteiger partial charge in [-0.1, -0.05) is 30.3 Å². The number of guanidine groups is 1. The van der Waals surface area contributed by atoms with Gasteiger partial charge in [0.05, 0.1) is 16.8 Å². The summed E-state index contributed by atoms with van der Waals surface area (Å²) in [4.78, 5) is 4.54. The molecule has 2 aromatic carbocycles. The van der Waals surface area contributed by atoms with Crippen LogP contribution in [0.15, 0.2) is 58.4 Å². The Morgan fingerprint density at radius 1 is 1.10 bits per heavy atom. The van der Waals surface area contributed by atoms with Crippen molar-refractivity contribution in [2.75, 3.05) is 19.3 Å². The minimum Gasteiger partial charge on any atom is -0.490 e. The molecule has 1 saturated carbocycles. The maximum absolute atomic E-state index is 12.4. The van der Waals surface area contributed by atoms with Crippen molar-refractivity contribution in [3.63, 3.8) is 0 Å². The van der Waals surface area contributed by atoms with Crippen LogP contribution in [0, 0.1) is 6.92 Å². The number of benzene rings is 2. The number of ether oxygens (including phenoxy) is 1. The third-order valence-corrected chi connectivity index (χ3v) is 6.99. The summed E-state index contributed by atoms with van der Waals surface area (Å²) in [5, 5.41) is 6.35. The van der Waals surface area contributed by atoms with Crippen LogP contribution in [0.25, 0.3) is 0 Å². The molecule has 0 amide bonds. The molecule has 162 valence electrons. The van der Waals surface area contributed by atoms with Gasteiger partial charge in [-0.3, -0.25) is 4.99 Å².